The van der Waals surface area contributed by atoms with E-state index in [4.69, 9.17) is 32.3 Å². The van der Waals surface area contributed by atoms with Crippen LogP contribution in [0.5, 0.6) is 0 Å². The normalized spacial score (nSPS) is 20.1. The summed E-state index contributed by atoms with van der Waals surface area (Å²) in [6.07, 6.45) is -2.13. The first-order chi connectivity index (χ1) is 21.9. The number of isothiocyanates is 1. The Labute approximate surface area is 328 Å². The Balaban J connectivity index is 0.000000752. The minimum Gasteiger partial charge on any atom is -0.565 e. The Kier molecular flexibility index (Phi) is 19.6. The van der Waals surface area contributed by atoms with Crippen LogP contribution in [0, 0.1) is 46.5 Å². The van der Waals surface area contributed by atoms with Gasteiger partial charge in [-0.2, -0.15) is 0 Å². The molecule has 4 atom stereocenters. The van der Waals surface area contributed by atoms with Crippen LogP contribution in [-0.2, 0) is 9.59 Å². The third-order valence-corrected chi connectivity index (χ3v) is 7.77. The number of nitrogens with zero attached hydrogens (tertiary/aromatic N) is 3. The maximum Gasteiger partial charge on any atom is 1.00 e. The number of benzene rings is 2. The number of thiocarbonyl (C=S) groups is 2. The van der Waals surface area contributed by atoms with Crippen LogP contribution in [0.25, 0.3) is 0 Å². The minimum atomic E-state index is -2.08. The average molecular weight is 762 g/mol. The number of likely N-dealkylation sites (N-methyl/N-ethyl adjacent to an activating group) is 1. The SMILES string of the molecule is CN1C(=O)C2C[C@H](c3c(F)c(F)cc(F)c3F)CN2C1=S.CN=C=S.O=C(O)C1C[C@H](c2c(F)c(F)cc(F)c2F)CN1.O=C([O-])O.[Na+].[Na+]. The summed E-state index contributed by atoms with van der Waals surface area (Å²) in [7, 11) is 3.11. The zero-order chi connectivity index (χ0) is 35.9. The van der Waals surface area contributed by atoms with Crippen LogP contribution >= 0.6 is 24.4 Å². The second kappa shape index (κ2) is 20.6. The molecule has 0 radical (unpaired) electrons. The van der Waals surface area contributed by atoms with Gasteiger partial charge in [0, 0.05) is 62.3 Å². The number of carboxylic acids is 1. The van der Waals surface area contributed by atoms with E-state index in [0.29, 0.717) is 0 Å². The van der Waals surface area contributed by atoms with Gasteiger partial charge < -0.3 is 30.3 Å². The van der Waals surface area contributed by atoms with Gasteiger partial charge in [0.05, 0.1) is 5.16 Å². The zero-order valence-electron chi connectivity index (χ0n) is 26.0. The standard InChI is InChI=1S/C13H10F4N2OS.C11H9F4NO2.C2H3NS.CH2O3.2Na/c1-18-12(20)8-2-5(4-19(8)13(18)21)9-10(16)6(14)3-7(15)11(9)17;12-5-2-6(13)10(15)8(9(5)14)4-1-7(11(17)18)16-3-4;1-3-2-4;2-1(3)4;;/h3,5,8H,2,4H2,1H3;2,4,7,16H,1,3H2,(H,17,18);1H3;(H2,2,3,4);;/q;;;;2*+1/p-1/t5-,8?;4-,7?;;;;/m00..../s1. The summed E-state index contributed by atoms with van der Waals surface area (Å²) in [5, 5.41) is 28.9. The third kappa shape index (κ3) is 11.4. The number of carbonyl (C=O) groups is 3. The van der Waals surface area contributed by atoms with E-state index in [2.05, 4.69) is 27.7 Å². The third-order valence-electron chi connectivity index (χ3n) is 7.08. The molecule has 22 heteroatoms. The first-order valence-corrected chi connectivity index (χ1v) is 13.8. The first-order valence-electron chi connectivity index (χ1n) is 12.9. The Morgan fingerprint density at radius 2 is 1.29 bits per heavy atom. The molecule has 1 amide bonds. The van der Waals surface area contributed by atoms with Crippen molar-refractivity contribution in [2.75, 3.05) is 27.2 Å². The summed E-state index contributed by atoms with van der Waals surface area (Å²) in [6, 6.07) is -1.29. The van der Waals surface area contributed by atoms with Crippen molar-refractivity contribution in [3.05, 3.63) is 69.8 Å². The predicted molar refractivity (Wildman–Crippen MR) is 152 cm³/mol. The topological polar surface area (TPSA) is 146 Å². The molecule has 10 nitrogen and oxygen atoms in total. The van der Waals surface area contributed by atoms with Gasteiger partial charge in [0.2, 0.25) is 6.16 Å². The van der Waals surface area contributed by atoms with Gasteiger partial charge in [0.1, 0.15) is 12.1 Å². The molecule has 3 aliphatic rings. The number of carbonyl (C=O) groups excluding carboxylic acids is 1. The molecule has 2 aromatic rings. The summed E-state index contributed by atoms with van der Waals surface area (Å²) in [4.78, 5) is 37.2. The molecular formula is C27H23F8N4Na2O6S2+. The molecule has 0 bridgehead atoms. The summed E-state index contributed by atoms with van der Waals surface area (Å²) < 4.78 is 107. The fraction of sp³-hybridized carbons (Fsp3) is 0.370. The number of fused-ring (bicyclic) bond motifs is 1. The van der Waals surface area contributed by atoms with Gasteiger partial charge in [-0.1, -0.05) is 0 Å². The number of carboxylic acid groups (broad SMARTS) is 3. The molecule has 3 saturated heterocycles. The molecule has 0 aromatic heterocycles. The van der Waals surface area contributed by atoms with Crippen molar-refractivity contribution in [3.8, 4) is 0 Å². The van der Waals surface area contributed by atoms with Crippen LogP contribution in [0.15, 0.2) is 17.1 Å². The average Bonchev–Trinajstić information content (AvgIpc) is 3.71. The molecule has 3 N–H and O–H groups in total. The van der Waals surface area contributed by atoms with E-state index in [1.807, 2.05) is 0 Å². The van der Waals surface area contributed by atoms with Crippen LogP contribution < -0.4 is 69.5 Å². The Morgan fingerprint density at radius 1 is 0.898 bits per heavy atom. The molecule has 2 aromatic carbocycles. The smallest absolute Gasteiger partial charge is 0.565 e. The molecule has 0 aliphatic carbocycles. The molecule has 5 rings (SSSR count). The van der Waals surface area contributed by atoms with Gasteiger partial charge >= 0.3 is 65.1 Å². The molecule has 3 fully saturated rings. The molecular weight excluding hydrogens is 738 g/mol. The molecule has 49 heavy (non-hydrogen) atoms. The van der Waals surface area contributed by atoms with Crippen LogP contribution in [0.3, 0.4) is 0 Å². The number of amides is 1. The first kappa shape index (κ1) is 46.7. The van der Waals surface area contributed by atoms with Gasteiger partial charge in [-0.25, -0.2) is 40.1 Å². The van der Waals surface area contributed by atoms with E-state index in [-0.39, 0.29) is 108 Å². The van der Waals surface area contributed by atoms with E-state index in [9.17, 15) is 44.7 Å². The molecule has 2 unspecified atom stereocenters. The van der Waals surface area contributed by atoms with Crippen molar-refractivity contribution in [2.24, 2.45) is 4.99 Å². The Morgan fingerprint density at radius 3 is 1.61 bits per heavy atom. The number of nitrogens with one attached hydrogen (secondary N) is 1. The number of aliphatic carboxylic acids is 1. The molecule has 0 spiro atoms. The molecule has 3 aliphatic heterocycles. The fourth-order valence-electron chi connectivity index (χ4n) is 5.04. The largest absolute Gasteiger partial charge is 1.00 e. The van der Waals surface area contributed by atoms with Crippen LogP contribution in [0.2, 0.25) is 0 Å². The van der Waals surface area contributed by atoms with Crippen LogP contribution in [0.1, 0.15) is 35.8 Å². The van der Waals surface area contributed by atoms with Gasteiger partial charge in [0.25, 0.3) is 5.91 Å². The summed E-state index contributed by atoms with van der Waals surface area (Å²) in [5.41, 5.74) is -1.39. The summed E-state index contributed by atoms with van der Waals surface area (Å²) in [5.74, 6) is -14.8. The Hall–Kier alpha value is -2.26. The number of hydrogen-bond acceptors (Lipinski definition) is 8. The monoisotopic (exact) mass is 761 g/mol. The predicted octanol–water partition coefficient (Wildman–Crippen LogP) is -2.45. The molecule has 0 saturated carbocycles. The van der Waals surface area contributed by atoms with Crippen molar-refractivity contribution in [2.45, 2.75) is 36.8 Å². The molecule has 256 valence electrons. The number of hydrogen-bond donors (Lipinski definition) is 3. The van der Waals surface area contributed by atoms with Gasteiger partial charge in [0.15, 0.2) is 51.7 Å². The maximum absolute atomic E-state index is 13.8. The second-order valence-electron chi connectivity index (χ2n) is 9.86. The van der Waals surface area contributed by atoms with E-state index in [0.717, 1.165) is 0 Å². The maximum atomic E-state index is 13.8. The van der Waals surface area contributed by atoms with Crippen molar-refractivity contribution in [1.29, 1.82) is 0 Å². The van der Waals surface area contributed by atoms with Crippen molar-refractivity contribution in [1.82, 2.24) is 15.1 Å². The second-order valence-corrected chi connectivity index (χ2v) is 10.4. The number of aliphatic imine (C=N–C) groups is 1. The molecule has 3 heterocycles. The van der Waals surface area contributed by atoms with E-state index in [1.54, 1.807) is 7.05 Å². The van der Waals surface area contributed by atoms with E-state index < -0.39 is 93.7 Å². The van der Waals surface area contributed by atoms with Crippen molar-refractivity contribution in [3.63, 3.8) is 0 Å². The number of rotatable bonds is 3. The Bertz CT molecular complexity index is 1550. The van der Waals surface area contributed by atoms with Gasteiger partial charge in [-0.05, 0) is 37.3 Å². The van der Waals surface area contributed by atoms with Crippen molar-refractivity contribution < 1.29 is 124 Å². The van der Waals surface area contributed by atoms with Crippen molar-refractivity contribution >= 4 is 52.7 Å². The quantitative estimate of drug-likeness (QED) is 0.101. The fourth-order valence-corrected chi connectivity index (χ4v) is 5.34. The van der Waals surface area contributed by atoms with Crippen LogP contribution in [0.4, 0.5) is 39.9 Å². The van der Waals surface area contributed by atoms with Gasteiger partial charge in [-0.3, -0.25) is 14.5 Å². The van der Waals surface area contributed by atoms with E-state index in [1.165, 1.54) is 16.8 Å². The summed E-state index contributed by atoms with van der Waals surface area (Å²) in [6.45, 7) is 0.00398. The van der Waals surface area contributed by atoms with E-state index >= 15 is 0 Å². The minimum absolute atomic E-state index is 0. The summed E-state index contributed by atoms with van der Waals surface area (Å²) >= 11 is 9.21. The zero-order valence-corrected chi connectivity index (χ0v) is 31.6. The number of halogens is 8. The van der Waals surface area contributed by atoms with Gasteiger partial charge in [-0.15, -0.1) is 0 Å². The van der Waals surface area contributed by atoms with Crippen LogP contribution in [-0.4, -0.2) is 87.6 Å².